The van der Waals surface area contributed by atoms with Crippen LogP contribution in [0.2, 0.25) is 10.6 Å². The predicted molar refractivity (Wildman–Crippen MR) is 316 cm³/mol. The lowest BCUT2D eigenvalue weighted by atomic mass is 10.1. The Morgan fingerprint density at radius 3 is 1.28 bits per heavy atom. The lowest BCUT2D eigenvalue weighted by molar-refractivity contribution is -0.143. The van der Waals surface area contributed by atoms with Crippen LogP contribution in [0.15, 0.2) is 152 Å². The second kappa shape index (κ2) is 30.2. The second-order valence-corrected chi connectivity index (χ2v) is 23.2. The van der Waals surface area contributed by atoms with Crippen molar-refractivity contribution in [2.24, 2.45) is 0 Å². The van der Waals surface area contributed by atoms with E-state index in [1.165, 1.54) is 37.5 Å². The van der Waals surface area contributed by atoms with Gasteiger partial charge in [0.25, 0.3) is 0 Å². The SMILES string of the molecule is COC(=O)COc1cccc2c1c(C(=O)OC)c(C)n2Cc1ccccc1.COC(=O)COc1cccc2c1cc(C)n2Cc1ccccc1.C[CH2][Al]([Cl])[CH2]C.Cc1c(C(=O)O)c2c(OCC(=O)O)cccc2n1Cc1ccccc1. The Hall–Kier alpha value is -8.49. The highest BCUT2D eigenvalue weighted by Crippen LogP contribution is 2.36. The normalized spacial score (nSPS) is 10.5. The van der Waals surface area contributed by atoms with Crippen LogP contribution in [0.4, 0.5) is 0 Å². The fraction of sp³-hybridized carbons (Fsp3) is 0.254. The van der Waals surface area contributed by atoms with E-state index in [0.717, 1.165) is 45.5 Å². The summed E-state index contributed by atoms with van der Waals surface area (Å²) in [4.78, 5) is 57.8. The van der Waals surface area contributed by atoms with Crippen LogP contribution in [0, 0.1) is 20.8 Å². The number of methoxy groups -OCH3 is 3. The van der Waals surface area contributed by atoms with Crippen LogP contribution < -0.4 is 14.2 Å². The largest absolute Gasteiger partial charge is 0.481 e. The average molecular weight is 1140 g/mol. The van der Waals surface area contributed by atoms with Crippen molar-refractivity contribution in [1.82, 2.24) is 13.7 Å². The summed E-state index contributed by atoms with van der Waals surface area (Å²) in [5.41, 5.74) is 9.09. The number of carboxylic acids is 2. The molecular weight excluding hydrogens is 1070 g/mol. The number of aromatic nitrogens is 3. The van der Waals surface area contributed by atoms with Gasteiger partial charge in [0.1, 0.15) is 17.2 Å². The van der Waals surface area contributed by atoms with Crippen LogP contribution in [0.1, 0.15) is 68.3 Å². The predicted octanol–water partition coefficient (Wildman–Crippen LogP) is 12.3. The van der Waals surface area contributed by atoms with Crippen molar-refractivity contribution in [1.29, 1.82) is 0 Å². The molecule has 9 rings (SSSR count). The van der Waals surface area contributed by atoms with E-state index in [2.05, 4.69) is 59.1 Å². The minimum atomic E-state index is -1.12. The Labute approximate surface area is 479 Å². The number of benzene rings is 6. The van der Waals surface area contributed by atoms with E-state index >= 15 is 0 Å². The molecule has 422 valence electrons. The lowest BCUT2D eigenvalue weighted by Gasteiger charge is -2.10. The van der Waals surface area contributed by atoms with Gasteiger partial charge in [0.15, 0.2) is 19.8 Å². The minimum absolute atomic E-state index is 0.0848. The van der Waals surface area contributed by atoms with E-state index in [1.54, 1.807) is 25.1 Å². The molecule has 0 aliphatic carbocycles. The summed E-state index contributed by atoms with van der Waals surface area (Å²) in [6.45, 7) is 11.1. The molecule has 0 saturated carbocycles. The number of rotatable bonds is 19. The van der Waals surface area contributed by atoms with E-state index in [-0.39, 0.29) is 30.5 Å². The van der Waals surface area contributed by atoms with Gasteiger partial charge in [-0.1, -0.05) is 134 Å². The standard InChI is InChI=1S/C21H21NO5.C19H17NO5.C19H19NO3.2C2H5.Al.ClH/c1-14-19(21(24)26-3)20-16(22(14)12-15-8-5-4-6-9-15)10-7-11-17(20)27-13-18(23)25-2;1-12-17(19(23)24)18-14(8-5-9-15(18)25-11-16(21)22)20(12)10-13-6-3-2-4-7-13;1-14-11-16-17(20(14)12-15-7-4-3-5-8-15)9-6-10-18(16)23-13-19(21)22-2;2*1-2;;/h4-11H,12-13H2,1-3H3;2-9H,10-11H2,1H3,(H,21,22)(H,23,24);3-11H,12-13H2,1-2H3;2*1H2,2H3;;1H/q;;;;;+1;/p-1. The number of aryl methyl sites for hydroxylation is 1. The number of esters is 3. The molecule has 0 saturated heterocycles. The molecule has 0 aliphatic heterocycles. The third kappa shape index (κ3) is 16.1. The summed E-state index contributed by atoms with van der Waals surface area (Å²) in [6, 6.07) is 48.6. The van der Waals surface area contributed by atoms with Gasteiger partial charge in [0, 0.05) is 42.1 Å². The van der Waals surface area contributed by atoms with E-state index in [0.29, 0.717) is 52.1 Å². The van der Waals surface area contributed by atoms with Gasteiger partial charge >= 0.3 is 43.1 Å². The number of nitrogens with zero attached hydrogens (tertiary/aromatic N) is 3. The van der Waals surface area contributed by atoms with Gasteiger partial charge < -0.3 is 52.3 Å². The molecule has 81 heavy (non-hydrogen) atoms. The molecule has 0 bridgehead atoms. The molecular formula is C63H67AlClN3O13. The highest BCUT2D eigenvalue weighted by atomic mass is 35.6. The Kier molecular flexibility index (Phi) is 23.0. The molecule has 0 atom stereocenters. The molecule has 6 aromatic carbocycles. The van der Waals surface area contributed by atoms with Crippen molar-refractivity contribution in [3.05, 3.63) is 197 Å². The summed E-state index contributed by atoms with van der Waals surface area (Å²) < 4.78 is 37.0. The molecule has 18 heteroatoms. The van der Waals surface area contributed by atoms with Crippen molar-refractivity contribution in [3.63, 3.8) is 0 Å². The van der Waals surface area contributed by atoms with Gasteiger partial charge in [-0.3, -0.25) is 10.0 Å². The first-order chi connectivity index (χ1) is 39.0. The zero-order valence-corrected chi connectivity index (χ0v) is 48.7. The van der Waals surface area contributed by atoms with Gasteiger partial charge in [-0.2, -0.15) is 0 Å². The number of carbonyl (C=O) groups excluding carboxylic acids is 3. The van der Waals surface area contributed by atoms with Crippen LogP contribution in [0.3, 0.4) is 0 Å². The first-order valence-electron chi connectivity index (χ1n) is 26.2. The zero-order valence-electron chi connectivity index (χ0n) is 46.8. The minimum Gasteiger partial charge on any atom is -0.481 e. The van der Waals surface area contributed by atoms with Crippen LogP contribution in [-0.4, -0.2) is 108 Å². The molecule has 3 aromatic heterocycles. The number of ether oxygens (including phenoxy) is 6. The number of halogens is 1. The van der Waals surface area contributed by atoms with Gasteiger partial charge in [-0.05, 0) is 79.9 Å². The molecule has 2 N–H and O–H groups in total. The highest BCUT2D eigenvalue weighted by Gasteiger charge is 2.25. The summed E-state index contributed by atoms with van der Waals surface area (Å²) in [5.74, 6) is -2.12. The van der Waals surface area contributed by atoms with E-state index in [1.807, 2.05) is 125 Å². The van der Waals surface area contributed by atoms with Crippen LogP contribution in [0.25, 0.3) is 32.7 Å². The number of fused-ring (bicyclic) bond motifs is 3. The molecule has 0 fully saturated rings. The number of aromatic carboxylic acids is 1. The van der Waals surface area contributed by atoms with Crippen LogP contribution >= 0.6 is 10.0 Å². The quantitative estimate of drug-likeness (QED) is 0.0441. The Morgan fingerprint density at radius 1 is 0.481 bits per heavy atom. The maximum Gasteiger partial charge on any atom is 0.399 e. The molecule has 9 aromatic rings. The van der Waals surface area contributed by atoms with Crippen molar-refractivity contribution >= 4 is 85.8 Å². The van der Waals surface area contributed by atoms with Gasteiger partial charge in [-0.25, -0.2) is 24.0 Å². The zero-order chi connectivity index (χ0) is 58.6. The van der Waals surface area contributed by atoms with Crippen molar-refractivity contribution in [3.8, 4) is 17.2 Å². The van der Waals surface area contributed by atoms with Gasteiger partial charge in [0.2, 0.25) is 0 Å². The summed E-state index contributed by atoms with van der Waals surface area (Å²) >= 11 is -0.688. The van der Waals surface area contributed by atoms with Crippen LogP contribution in [0.5, 0.6) is 17.2 Å². The number of hydrogen-bond acceptors (Lipinski definition) is 11. The lowest BCUT2D eigenvalue weighted by Crippen LogP contribution is -2.13. The van der Waals surface area contributed by atoms with Crippen molar-refractivity contribution in [2.45, 2.75) is 64.8 Å². The Balaban J connectivity index is 0.000000186. The first-order valence-corrected chi connectivity index (χ1v) is 29.6. The van der Waals surface area contributed by atoms with Crippen LogP contribution in [-0.2, 0) is 48.2 Å². The van der Waals surface area contributed by atoms with Crippen molar-refractivity contribution in [2.75, 3.05) is 41.2 Å². The summed E-state index contributed by atoms with van der Waals surface area (Å²) in [5, 5.41) is 23.0. The fourth-order valence-corrected chi connectivity index (χ4v) is 9.67. The molecule has 0 spiro atoms. The maximum absolute atomic E-state index is 12.5. The van der Waals surface area contributed by atoms with E-state index in [9.17, 15) is 29.1 Å². The number of carboxylic acid groups (broad SMARTS) is 2. The highest BCUT2D eigenvalue weighted by molar-refractivity contribution is 7.06. The number of aliphatic carboxylic acids is 1. The van der Waals surface area contributed by atoms with E-state index < -0.39 is 43.7 Å². The second-order valence-electron chi connectivity index (χ2n) is 18.5. The molecule has 3 heterocycles. The van der Waals surface area contributed by atoms with E-state index in [4.69, 9.17) is 34.1 Å². The Morgan fingerprint density at radius 2 is 0.877 bits per heavy atom. The monoisotopic (exact) mass is 1140 g/mol. The van der Waals surface area contributed by atoms with Crippen molar-refractivity contribution < 1.29 is 62.6 Å². The summed E-state index contributed by atoms with van der Waals surface area (Å²) in [6.07, 6.45) is 0. The summed E-state index contributed by atoms with van der Waals surface area (Å²) in [7, 11) is 9.79. The number of carbonyl (C=O) groups is 5. The first kappa shape index (κ1) is 61.7. The molecule has 0 amide bonds. The Bertz CT molecular complexity index is 3570. The topological polar surface area (TPSA) is 196 Å². The molecule has 0 radical (unpaired) electrons. The van der Waals surface area contributed by atoms with Gasteiger partial charge in [0.05, 0.1) is 59.8 Å². The molecule has 0 aliphatic rings. The smallest absolute Gasteiger partial charge is 0.399 e. The third-order valence-corrected chi connectivity index (χ3v) is 16.9. The van der Waals surface area contributed by atoms with Gasteiger partial charge in [-0.15, -0.1) is 0 Å². The molecule has 16 nitrogen and oxygen atoms in total. The fourth-order valence-electron chi connectivity index (χ4n) is 9.09. The maximum atomic E-state index is 12.5. The number of hydrogen-bond donors (Lipinski definition) is 2. The molecule has 0 unspecified atom stereocenters. The average Bonchev–Trinajstić information content (AvgIpc) is 4.15. The third-order valence-electron chi connectivity index (χ3n) is 13.3.